The molecule has 0 aromatic heterocycles. The van der Waals surface area contributed by atoms with Gasteiger partial charge in [-0.1, -0.05) is 41.9 Å². The van der Waals surface area contributed by atoms with Crippen LogP contribution in [0.4, 0.5) is 5.69 Å². The predicted molar refractivity (Wildman–Crippen MR) is 155 cm³/mol. The number of nitrogens with two attached hydrogens (primary N) is 1. The first-order valence-electron chi connectivity index (χ1n) is 13.2. The number of nitrogens with zero attached hydrogens (tertiary/aromatic N) is 2. The molecule has 1 atom stereocenters. The minimum Gasteiger partial charge on any atom is -0.457 e. The molecule has 0 spiro atoms. The molecule has 4 rings (SSSR count). The summed E-state index contributed by atoms with van der Waals surface area (Å²) in [5.74, 6) is 1.78. The maximum absolute atomic E-state index is 12.5. The highest BCUT2D eigenvalue weighted by molar-refractivity contribution is 6.30. The summed E-state index contributed by atoms with van der Waals surface area (Å²) in [6.07, 6.45) is 4.23. The Morgan fingerprint density at radius 3 is 2.32 bits per heavy atom. The van der Waals surface area contributed by atoms with Gasteiger partial charge < -0.3 is 26.0 Å². The van der Waals surface area contributed by atoms with E-state index in [0.717, 1.165) is 30.9 Å². The zero-order chi connectivity index (χ0) is 26.6. The zero-order valence-corrected chi connectivity index (χ0v) is 22.4. The third-order valence-corrected chi connectivity index (χ3v) is 6.72. The van der Waals surface area contributed by atoms with Crippen molar-refractivity contribution in [1.29, 1.82) is 0 Å². The fraction of sp³-hybridized carbons (Fsp3) is 0.333. The first-order valence-corrected chi connectivity index (χ1v) is 13.6. The number of ether oxygens (including phenoxy) is 1. The second kappa shape index (κ2) is 14.4. The molecule has 200 valence electrons. The van der Waals surface area contributed by atoms with Crippen LogP contribution in [0.5, 0.6) is 11.5 Å². The van der Waals surface area contributed by atoms with E-state index in [1.165, 1.54) is 12.8 Å². The van der Waals surface area contributed by atoms with Crippen molar-refractivity contribution >= 4 is 29.2 Å². The molecule has 1 saturated heterocycles. The van der Waals surface area contributed by atoms with Gasteiger partial charge in [-0.3, -0.25) is 4.79 Å². The van der Waals surface area contributed by atoms with Crippen molar-refractivity contribution in [3.8, 4) is 11.5 Å². The highest BCUT2D eigenvalue weighted by Crippen LogP contribution is 2.24. The molecule has 0 bridgehead atoms. The molecule has 0 aliphatic carbocycles. The van der Waals surface area contributed by atoms with Crippen LogP contribution in [0.25, 0.3) is 0 Å². The van der Waals surface area contributed by atoms with Crippen molar-refractivity contribution in [2.24, 2.45) is 10.7 Å². The number of hydrogen-bond acceptors (Lipinski definition) is 4. The van der Waals surface area contributed by atoms with Crippen LogP contribution in [-0.2, 0) is 11.2 Å². The number of anilines is 1. The number of benzene rings is 3. The normalized spacial score (nSPS) is 14.7. The van der Waals surface area contributed by atoms with Crippen molar-refractivity contribution in [2.75, 3.05) is 31.5 Å². The Balaban J connectivity index is 1.31. The molecule has 1 aliphatic rings. The number of guanidine groups is 1. The van der Waals surface area contributed by atoms with Gasteiger partial charge in [0.1, 0.15) is 11.5 Å². The highest BCUT2D eigenvalue weighted by atomic mass is 35.5. The lowest BCUT2D eigenvalue weighted by Gasteiger charge is -2.16. The molecular weight excluding hydrogens is 498 g/mol. The van der Waals surface area contributed by atoms with Gasteiger partial charge in [0.25, 0.3) is 0 Å². The van der Waals surface area contributed by atoms with Crippen LogP contribution < -0.4 is 21.1 Å². The minimum atomic E-state index is -0.123. The van der Waals surface area contributed by atoms with E-state index in [0.29, 0.717) is 48.3 Å². The summed E-state index contributed by atoms with van der Waals surface area (Å²) in [4.78, 5) is 19.6. The standard InChI is InChI=1S/C30H36ClN5O2/c31-24-8-13-27(14-9-24)38-28-15-10-25(11-16-28)34-30(32)35-26(22-23-6-2-1-3-7-23)12-17-29(37)33-18-21-36-19-4-5-20-36/h1-3,6-11,13-16,26H,4-5,12,17-22H2,(H,33,37)(H3,32,34,35)/t26-/m1/s1. The predicted octanol–water partition coefficient (Wildman–Crippen LogP) is 5.46. The first-order chi connectivity index (χ1) is 18.5. The van der Waals surface area contributed by atoms with Gasteiger partial charge in [-0.25, -0.2) is 4.99 Å². The summed E-state index contributed by atoms with van der Waals surface area (Å²) in [5, 5.41) is 6.87. The Hall–Kier alpha value is -3.55. The molecular formula is C30H36ClN5O2. The smallest absolute Gasteiger partial charge is 0.220 e. The van der Waals surface area contributed by atoms with E-state index in [2.05, 4.69) is 27.7 Å². The first kappa shape index (κ1) is 27.5. The SMILES string of the molecule is NC(=N[C@H](CCC(=O)NCCN1CCCC1)Cc1ccccc1)Nc1ccc(Oc2ccc(Cl)cc2)cc1. The topological polar surface area (TPSA) is 92.0 Å². The molecule has 0 unspecified atom stereocenters. The van der Waals surface area contributed by atoms with Crippen LogP contribution in [-0.4, -0.2) is 49.0 Å². The molecule has 1 fully saturated rings. The molecule has 1 amide bonds. The van der Waals surface area contributed by atoms with Gasteiger partial charge in [0, 0.05) is 30.2 Å². The van der Waals surface area contributed by atoms with Crippen molar-refractivity contribution in [3.63, 3.8) is 0 Å². The van der Waals surface area contributed by atoms with Gasteiger partial charge in [0.15, 0.2) is 5.96 Å². The Morgan fingerprint density at radius 2 is 1.63 bits per heavy atom. The molecule has 1 aliphatic heterocycles. The number of aliphatic imine (C=N–C) groups is 1. The van der Waals surface area contributed by atoms with E-state index in [-0.39, 0.29) is 11.9 Å². The lowest BCUT2D eigenvalue weighted by Crippen LogP contribution is -2.34. The van der Waals surface area contributed by atoms with Crippen LogP contribution in [0, 0.1) is 0 Å². The summed E-state index contributed by atoms with van der Waals surface area (Å²) in [5.41, 5.74) is 8.24. The van der Waals surface area contributed by atoms with Crippen molar-refractivity contribution in [2.45, 2.75) is 38.1 Å². The lowest BCUT2D eigenvalue weighted by molar-refractivity contribution is -0.121. The molecule has 3 aromatic carbocycles. The fourth-order valence-electron chi connectivity index (χ4n) is 4.47. The van der Waals surface area contributed by atoms with Crippen LogP contribution in [0.15, 0.2) is 83.9 Å². The Morgan fingerprint density at radius 1 is 0.974 bits per heavy atom. The average molecular weight is 534 g/mol. The highest BCUT2D eigenvalue weighted by Gasteiger charge is 2.14. The maximum atomic E-state index is 12.5. The number of hydrogen-bond donors (Lipinski definition) is 3. The van der Waals surface area contributed by atoms with E-state index in [1.807, 2.05) is 54.6 Å². The summed E-state index contributed by atoms with van der Waals surface area (Å²) < 4.78 is 5.85. The number of likely N-dealkylation sites (tertiary alicyclic amines) is 1. The van der Waals surface area contributed by atoms with Crippen LogP contribution in [0.1, 0.15) is 31.2 Å². The molecule has 1 heterocycles. The number of nitrogens with one attached hydrogen (secondary N) is 2. The van der Waals surface area contributed by atoms with Crippen LogP contribution in [0.3, 0.4) is 0 Å². The van der Waals surface area contributed by atoms with Gasteiger partial charge in [0.2, 0.25) is 5.91 Å². The summed E-state index contributed by atoms with van der Waals surface area (Å²) in [7, 11) is 0. The van der Waals surface area contributed by atoms with Crippen molar-refractivity contribution in [1.82, 2.24) is 10.2 Å². The van der Waals surface area contributed by atoms with E-state index >= 15 is 0 Å². The number of carbonyl (C=O) groups excluding carboxylic acids is 1. The summed E-state index contributed by atoms with van der Waals surface area (Å²) in [6.45, 7) is 3.87. The Bertz CT molecular complexity index is 1160. The quantitative estimate of drug-likeness (QED) is 0.212. The largest absolute Gasteiger partial charge is 0.457 e. The molecule has 3 aromatic rings. The minimum absolute atomic E-state index is 0.0558. The van der Waals surface area contributed by atoms with Gasteiger partial charge >= 0.3 is 0 Å². The van der Waals surface area contributed by atoms with Crippen molar-refractivity contribution in [3.05, 3.63) is 89.4 Å². The maximum Gasteiger partial charge on any atom is 0.220 e. The van der Waals surface area contributed by atoms with Crippen molar-refractivity contribution < 1.29 is 9.53 Å². The van der Waals surface area contributed by atoms with Crippen LogP contribution in [0.2, 0.25) is 5.02 Å². The number of carbonyl (C=O) groups is 1. The van der Waals surface area contributed by atoms with E-state index in [4.69, 9.17) is 27.1 Å². The lowest BCUT2D eigenvalue weighted by atomic mass is 10.0. The molecule has 0 radical (unpaired) electrons. The number of rotatable bonds is 12. The third kappa shape index (κ3) is 9.39. The average Bonchev–Trinajstić information content (AvgIpc) is 3.44. The fourth-order valence-corrected chi connectivity index (χ4v) is 4.59. The molecule has 7 nitrogen and oxygen atoms in total. The van der Waals surface area contributed by atoms with Gasteiger partial charge in [-0.2, -0.15) is 0 Å². The van der Waals surface area contributed by atoms with Crippen LogP contribution >= 0.6 is 11.6 Å². The second-order valence-electron chi connectivity index (χ2n) is 9.50. The molecule has 38 heavy (non-hydrogen) atoms. The van der Waals surface area contributed by atoms with E-state index < -0.39 is 0 Å². The molecule has 8 heteroatoms. The Kier molecular flexibility index (Phi) is 10.4. The number of amides is 1. The van der Waals surface area contributed by atoms with E-state index in [9.17, 15) is 4.79 Å². The second-order valence-corrected chi connectivity index (χ2v) is 9.94. The van der Waals surface area contributed by atoms with Gasteiger partial charge in [0.05, 0.1) is 6.04 Å². The number of halogens is 1. The monoisotopic (exact) mass is 533 g/mol. The summed E-state index contributed by atoms with van der Waals surface area (Å²) in [6, 6.07) is 24.7. The third-order valence-electron chi connectivity index (χ3n) is 6.47. The zero-order valence-electron chi connectivity index (χ0n) is 21.6. The van der Waals surface area contributed by atoms with E-state index in [1.54, 1.807) is 12.1 Å². The molecule has 0 saturated carbocycles. The molecule has 4 N–H and O–H groups in total. The summed E-state index contributed by atoms with van der Waals surface area (Å²) >= 11 is 5.93. The van der Waals surface area contributed by atoms with Gasteiger partial charge in [-0.15, -0.1) is 0 Å². The van der Waals surface area contributed by atoms with Gasteiger partial charge in [-0.05, 0) is 92.9 Å². The Labute approximate surface area is 230 Å².